The van der Waals surface area contributed by atoms with Crippen LogP contribution in [0.1, 0.15) is 11.1 Å². The van der Waals surface area contributed by atoms with Crippen LogP contribution in [0.4, 0.5) is 5.69 Å². The summed E-state index contributed by atoms with van der Waals surface area (Å²) in [5.74, 6) is 1.26. The first-order valence-corrected chi connectivity index (χ1v) is 10.4. The number of hydrogen-bond acceptors (Lipinski definition) is 4. The predicted octanol–water partition coefficient (Wildman–Crippen LogP) is 4.43. The van der Waals surface area contributed by atoms with Crippen LogP contribution in [-0.2, 0) is 16.4 Å². The maximum absolute atomic E-state index is 12.7. The van der Waals surface area contributed by atoms with Gasteiger partial charge < -0.3 is 9.47 Å². The van der Waals surface area contributed by atoms with E-state index in [-0.39, 0.29) is 4.90 Å². The van der Waals surface area contributed by atoms with E-state index in [9.17, 15) is 8.42 Å². The molecule has 0 amide bonds. The lowest BCUT2D eigenvalue weighted by atomic mass is 10.2. The molecule has 6 heteroatoms. The highest BCUT2D eigenvalue weighted by molar-refractivity contribution is 7.92. The van der Waals surface area contributed by atoms with E-state index in [1.165, 1.54) is 11.6 Å². The summed E-state index contributed by atoms with van der Waals surface area (Å²) in [6.07, 6.45) is 0.780. The Hall–Kier alpha value is -2.99. The maximum atomic E-state index is 12.7. The molecule has 0 aliphatic rings. The number of benzene rings is 3. The summed E-state index contributed by atoms with van der Waals surface area (Å²) < 4.78 is 38.9. The first-order valence-electron chi connectivity index (χ1n) is 8.92. The lowest BCUT2D eigenvalue weighted by molar-refractivity contribution is 0.322. The van der Waals surface area contributed by atoms with Crippen molar-refractivity contribution in [3.63, 3.8) is 0 Å². The summed E-state index contributed by atoms with van der Waals surface area (Å²) in [4.78, 5) is 0.182. The summed E-state index contributed by atoms with van der Waals surface area (Å²) in [7, 11) is -2.15. The van der Waals surface area contributed by atoms with Crippen molar-refractivity contribution in [3.05, 3.63) is 83.9 Å². The number of nitrogens with one attached hydrogen (secondary N) is 1. The minimum atomic E-state index is -3.70. The van der Waals surface area contributed by atoms with Crippen molar-refractivity contribution in [1.82, 2.24) is 0 Å². The second-order valence-electron chi connectivity index (χ2n) is 6.35. The molecule has 0 saturated carbocycles. The fourth-order valence-electron chi connectivity index (χ4n) is 2.81. The molecule has 146 valence electrons. The molecule has 0 aliphatic heterocycles. The number of methoxy groups -OCH3 is 1. The predicted molar refractivity (Wildman–Crippen MR) is 111 cm³/mol. The Morgan fingerprint density at radius 2 is 1.71 bits per heavy atom. The molecular formula is C22H23NO4S. The Kier molecular flexibility index (Phi) is 6.21. The van der Waals surface area contributed by atoms with Crippen LogP contribution in [0, 0.1) is 6.92 Å². The molecule has 0 aromatic heterocycles. The maximum Gasteiger partial charge on any atom is 0.261 e. The van der Waals surface area contributed by atoms with Crippen molar-refractivity contribution in [2.24, 2.45) is 0 Å². The van der Waals surface area contributed by atoms with Gasteiger partial charge in [0.05, 0.1) is 24.3 Å². The zero-order valence-electron chi connectivity index (χ0n) is 15.9. The first-order chi connectivity index (χ1) is 13.5. The number of rotatable bonds is 8. The topological polar surface area (TPSA) is 64.6 Å². The Morgan fingerprint density at radius 3 is 2.43 bits per heavy atom. The van der Waals surface area contributed by atoms with Gasteiger partial charge in [-0.25, -0.2) is 8.42 Å². The lowest BCUT2D eigenvalue weighted by Crippen LogP contribution is -2.13. The van der Waals surface area contributed by atoms with Crippen molar-refractivity contribution in [2.45, 2.75) is 18.2 Å². The van der Waals surface area contributed by atoms with Crippen LogP contribution in [-0.4, -0.2) is 22.1 Å². The fourth-order valence-corrected chi connectivity index (χ4v) is 3.95. The summed E-state index contributed by atoms with van der Waals surface area (Å²) in [5.41, 5.74) is 2.39. The van der Waals surface area contributed by atoms with Gasteiger partial charge in [-0.2, -0.15) is 0 Å². The zero-order chi connectivity index (χ0) is 20.0. The average molecular weight is 397 g/mol. The van der Waals surface area contributed by atoms with Crippen molar-refractivity contribution in [2.75, 3.05) is 18.4 Å². The van der Waals surface area contributed by atoms with Crippen molar-refractivity contribution < 1.29 is 17.9 Å². The minimum Gasteiger partial charge on any atom is -0.496 e. The molecule has 28 heavy (non-hydrogen) atoms. The Balaban J connectivity index is 1.67. The van der Waals surface area contributed by atoms with Gasteiger partial charge in [0.1, 0.15) is 11.5 Å². The monoisotopic (exact) mass is 397 g/mol. The van der Waals surface area contributed by atoms with E-state index in [4.69, 9.17) is 9.47 Å². The first kappa shape index (κ1) is 19.8. The van der Waals surface area contributed by atoms with Gasteiger partial charge in [-0.3, -0.25) is 4.72 Å². The third kappa shape index (κ3) is 5.04. The van der Waals surface area contributed by atoms with Gasteiger partial charge in [-0.15, -0.1) is 0 Å². The van der Waals surface area contributed by atoms with Crippen LogP contribution in [0.25, 0.3) is 0 Å². The summed E-state index contributed by atoms with van der Waals surface area (Å²) in [5, 5.41) is 0. The number of hydrogen-bond donors (Lipinski definition) is 1. The molecule has 0 atom stereocenters. The van der Waals surface area contributed by atoms with Crippen molar-refractivity contribution >= 4 is 15.7 Å². The van der Waals surface area contributed by atoms with Gasteiger partial charge in [-0.1, -0.05) is 36.4 Å². The quantitative estimate of drug-likeness (QED) is 0.611. The van der Waals surface area contributed by atoms with Gasteiger partial charge in [-0.05, 0) is 48.4 Å². The van der Waals surface area contributed by atoms with E-state index in [0.29, 0.717) is 23.8 Å². The van der Waals surface area contributed by atoms with Gasteiger partial charge in [0.15, 0.2) is 0 Å². The third-order valence-corrected chi connectivity index (χ3v) is 5.64. The molecule has 0 unspecified atom stereocenters. The van der Waals surface area contributed by atoms with Gasteiger partial charge in [0.2, 0.25) is 0 Å². The largest absolute Gasteiger partial charge is 0.496 e. The van der Waals surface area contributed by atoms with E-state index < -0.39 is 10.0 Å². The van der Waals surface area contributed by atoms with Crippen molar-refractivity contribution in [3.8, 4) is 11.5 Å². The summed E-state index contributed by atoms with van der Waals surface area (Å²) in [6, 6.07) is 21.7. The molecule has 0 heterocycles. The number of sulfonamides is 1. The fraction of sp³-hybridized carbons (Fsp3) is 0.182. The molecule has 3 aromatic carbocycles. The normalized spacial score (nSPS) is 11.1. The third-order valence-electron chi connectivity index (χ3n) is 4.27. The Labute approximate surface area is 166 Å². The smallest absolute Gasteiger partial charge is 0.261 e. The molecule has 3 aromatic rings. The van der Waals surface area contributed by atoms with Crippen LogP contribution in [0.2, 0.25) is 0 Å². The zero-order valence-corrected chi connectivity index (χ0v) is 16.7. The van der Waals surface area contributed by atoms with Crippen LogP contribution in [0.15, 0.2) is 77.7 Å². The minimum absolute atomic E-state index is 0.182. The van der Waals surface area contributed by atoms with Crippen LogP contribution in [0.3, 0.4) is 0 Å². The molecule has 5 nitrogen and oxygen atoms in total. The molecule has 0 radical (unpaired) electrons. The highest BCUT2D eigenvalue weighted by Gasteiger charge is 2.16. The molecule has 0 saturated heterocycles. The van der Waals surface area contributed by atoms with Gasteiger partial charge >= 0.3 is 0 Å². The molecule has 0 aliphatic carbocycles. The lowest BCUT2D eigenvalue weighted by Gasteiger charge is -2.12. The van der Waals surface area contributed by atoms with E-state index in [2.05, 4.69) is 4.72 Å². The molecule has 0 bridgehead atoms. The van der Waals surface area contributed by atoms with E-state index in [0.717, 1.165) is 12.0 Å². The Bertz CT molecular complexity index is 1030. The summed E-state index contributed by atoms with van der Waals surface area (Å²) >= 11 is 0. The number of aryl methyl sites for hydroxylation is 1. The Morgan fingerprint density at radius 1 is 0.929 bits per heavy atom. The second-order valence-corrected chi connectivity index (χ2v) is 8.03. The van der Waals surface area contributed by atoms with Crippen LogP contribution < -0.4 is 14.2 Å². The highest BCUT2D eigenvalue weighted by atomic mass is 32.2. The van der Waals surface area contributed by atoms with Crippen LogP contribution in [0.5, 0.6) is 11.5 Å². The van der Waals surface area contributed by atoms with E-state index in [1.807, 2.05) is 30.3 Å². The SMILES string of the molecule is COc1ccc(S(=O)(=O)Nc2cccc(OCCc3ccccc3)c2)cc1C. The number of anilines is 1. The molecular weight excluding hydrogens is 374 g/mol. The van der Waals surface area contributed by atoms with Crippen LogP contribution >= 0.6 is 0 Å². The molecule has 0 spiro atoms. The molecule has 3 rings (SSSR count). The highest BCUT2D eigenvalue weighted by Crippen LogP contribution is 2.24. The summed E-state index contributed by atoms with van der Waals surface area (Å²) in [6.45, 7) is 2.32. The second kappa shape index (κ2) is 8.80. The molecule has 1 N–H and O–H groups in total. The van der Waals surface area contributed by atoms with E-state index >= 15 is 0 Å². The van der Waals surface area contributed by atoms with E-state index in [1.54, 1.807) is 50.4 Å². The number of ether oxygens (including phenoxy) is 2. The van der Waals surface area contributed by atoms with Gasteiger partial charge in [0, 0.05) is 12.5 Å². The average Bonchev–Trinajstić information content (AvgIpc) is 2.69. The van der Waals surface area contributed by atoms with Gasteiger partial charge in [0.25, 0.3) is 10.0 Å². The molecule has 0 fully saturated rings. The standard InChI is InChI=1S/C22H23NO4S/c1-17-15-21(11-12-22(17)26-2)28(24,25)23-19-9-6-10-20(16-19)27-14-13-18-7-4-3-5-8-18/h3-12,15-16,23H,13-14H2,1-2H3. The van der Waals surface area contributed by atoms with Crippen molar-refractivity contribution in [1.29, 1.82) is 0 Å².